The van der Waals surface area contributed by atoms with E-state index in [9.17, 15) is 5.26 Å². The second-order valence-corrected chi connectivity index (χ2v) is 6.67. The second kappa shape index (κ2) is 10.0. The molecule has 3 rings (SSSR count). The number of rotatable bonds is 6. The van der Waals surface area contributed by atoms with Gasteiger partial charge in [-0.1, -0.05) is 56.3 Å². The molecule has 1 heterocycles. The van der Waals surface area contributed by atoms with Crippen LogP contribution in [0, 0.1) is 11.3 Å². The van der Waals surface area contributed by atoms with Crippen LogP contribution in [-0.2, 0) is 6.54 Å². The largest absolute Gasteiger partial charge is 1.00 e. The van der Waals surface area contributed by atoms with Crippen LogP contribution in [0.2, 0.25) is 0 Å². The van der Waals surface area contributed by atoms with Crippen LogP contribution in [0.5, 0.6) is 0 Å². The van der Waals surface area contributed by atoms with Gasteiger partial charge in [0.25, 0.3) is 0 Å². The van der Waals surface area contributed by atoms with Crippen LogP contribution in [0.1, 0.15) is 49.3 Å². The fraction of sp³-hybridized carbons (Fsp3) is 0.250. The van der Waals surface area contributed by atoms with Crippen LogP contribution in [0.4, 0.5) is 0 Å². The molecule has 0 atom stereocenters. The van der Waals surface area contributed by atoms with Crippen LogP contribution < -0.4 is 21.5 Å². The third kappa shape index (κ3) is 5.05. The summed E-state index contributed by atoms with van der Waals surface area (Å²) in [6.07, 6.45) is 6.72. The van der Waals surface area contributed by atoms with Crippen molar-refractivity contribution >= 4 is 0 Å². The molecule has 2 nitrogen and oxygen atoms in total. The van der Waals surface area contributed by atoms with Crippen molar-refractivity contribution in [1.82, 2.24) is 0 Å². The molecule has 27 heavy (non-hydrogen) atoms. The highest BCUT2D eigenvalue weighted by Crippen LogP contribution is 2.24. The first-order valence-electron chi connectivity index (χ1n) is 9.32. The molecule has 0 amide bonds. The average Bonchev–Trinajstić information content (AvgIpc) is 2.71. The minimum absolute atomic E-state index is 0. The Bertz CT molecular complexity index is 889. The lowest BCUT2D eigenvalue weighted by Crippen LogP contribution is -3.00. The summed E-state index contributed by atoms with van der Waals surface area (Å²) in [5.74, 6) is 0.657. The Kier molecular flexibility index (Phi) is 7.76. The molecule has 0 saturated heterocycles. The van der Waals surface area contributed by atoms with E-state index in [2.05, 4.69) is 73.3 Å². The van der Waals surface area contributed by atoms with Gasteiger partial charge in [0.2, 0.25) is 0 Å². The molecule has 0 aliphatic rings. The summed E-state index contributed by atoms with van der Waals surface area (Å²) >= 11 is 0. The highest BCUT2D eigenvalue weighted by molar-refractivity contribution is 5.70. The summed E-state index contributed by atoms with van der Waals surface area (Å²) in [6, 6.07) is 23.0. The standard InChI is InChI=1S/C24H25N2.BrH/c1-3-20(4-2)21-13-15-26(16-14-21)18-19-9-11-22(12-10-19)24-8-6-5-7-23(24)17-25;/h5-16,20H,3-4,18H2,1-2H3;1H/q+1;/p-1. The van der Waals surface area contributed by atoms with Gasteiger partial charge in [-0.15, -0.1) is 0 Å². The SMILES string of the molecule is CCC(CC)c1cc[n+](Cc2ccc(-c3ccccc3C#N)cc2)cc1.[Br-]. The van der Waals surface area contributed by atoms with E-state index in [0.29, 0.717) is 11.5 Å². The number of hydrogen-bond donors (Lipinski definition) is 0. The molecule has 3 aromatic rings. The lowest BCUT2D eigenvalue weighted by molar-refractivity contribution is -0.688. The first-order chi connectivity index (χ1) is 12.7. The zero-order valence-electron chi connectivity index (χ0n) is 15.9. The maximum atomic E-state index is 9.27. The Hall–Kier alpha value is -2.44. The summed E-state index contributed by atoms with van der Waals surface area (Å²) < 4.78 is 2.21. The molecule has 1 aromatic heterocycles. The number of aromatic nitrogens is 1. The van der Waals surface area contributed by atoms with E-state index in [-0.39, 0.29) is 17.0 Å². The van der Waals surface area contributed by atoms with Gasteiger partial charge in [0.15, 0.2) is 18.9 Å². The van der Waals surface area contributed by atoms with E-state index < -0.39 is 0 Å². The Morgan fingerprint density at radius 2 is 1.52 bits per heavy atom. The Balaban J connectivity index is 0.00000261. The topological polar surface area (TPSA) is 27.7 Å². The van der Waals surface area contributed by atoms with Gasteiger partial charge in [0.05, 0.1) is 11.6 Å². The third-order valence-corrected chi connectivity index (χ3v) is 5.05. The monoisotopic (exact) mass is 420 g/mol. The zero-order chi connectivity index (χ0) is 18.4. The summed E-state index contributed by atoms with van der Waals surface area (Å²) in [4.78, 5) is 0. The molecule has 0 aliphatic carbocycles. The Morgan fingerprint density at radius 1 is 0.889 bits per heavy atom. The van der Waals surface area contributed by atoms with Crippen molar-refractivity contribution in [3.05, 3.63) is 89.7 Å². The quantitative estimate of drug-likeness (QED) is 0.562. The minimum atomic E-state index is 0. The molecule has 0 radical (unpaired) electrons. The third-order valence-electron chi connectivity index (χ3n) is 5.05. The van der Waals surface area contributed by atoms with E-state index in [1.165, 1.54) is 24.0 Å². The molecule has 0 saturated carbocycles. The maximum Gasteiger partial charge on any atom is 0.173 e. The van der Waals surface area contributed by atoms with Crippen LogP contribution >= 0.6 is 0 Å². The van der Waals surface area contributed by atoms with Crippen LogP contribution in [0.25, 0.3) is 11.1 Å². The predicted molar refractivity (Wildman–Crippen MR) is 106 cm³/mol. The van der Waals surface area contributed by atoms with Crippen molar-refractivity contribution in [3.8, 4) is 17.2 Å². The summed E-state index contributed by atoms with van der Waals surface area (Å²) in [6.45, 7) is 5.35. The molecule has 3 heteroatoms. The fourth-order valence-electron chi connectivity index (χ4n) is 3.44. The number of benzene rings is 2. The molecule has 0 fully saturated rings. The van der Waals surface area contributed by atoms with E-state index >= 15 is 0 Å². The van der Waals surface area contributed by atoms with E-state index in [0.717, 1.165) is 17.7 Å². The van der Waals surface area contributed by atoms with Crippen molar-refractivity contribution in [1.29, 1.82) is 5.26 Å². The summed E-state index contributed by atoms with van der Waals surface area (Å²) in [5, 5.41) is 9.27. The van der Waals surface area contributed by atoms with Gasteiger partial charge in [-0.25, -0.2) is 4.57 Å². The Labute approximate surface area is 172 Å². The zero-order valence-corrected chi connectivity index (χ0v) is 17.5. The van der Waals surface area contributed by atoms with Crippen LogP contribution in [-0.4, -0.2) is 0 Å². The number of halogens is 1. The molecule has 2 aromatic carbocycles. The lowest BCUT2D eigenvalue weighted by atomic mass is 9.95. The average molecular weight is 421 g/mol. The van der Waals surface area contributed by atoms with Crippen molar-refractivity contribution < 1.29 is 21.5 Å². The lowest BCUT2D eigenvalue weighted by Gasteiger charge is -2.11. The number of pyridine rings is 1. The highest BCUT2D eigenvalue weighted by atomic mass is 79.9. The van der Waals surface area contributed by atoms with Gasteiger partial charge in [0, 0.05) is 17.7 Å². The van der Waals surface area contributed by atoms with Gasteiger partial charge in [-0.3, -0.25) is 0 Å². The summed E-state index contributed by atoms with van der Waals surface area (Å²) in [5.41, 5.74) is 5.47. The molecular weight excluding hydrogens is 396 g/mol. The number of nitrogens with zero attached hydrogens (tertiary/aromatic N) is 2. The molecule has 0 aliphatic heterocycles. The van der Waals surface area contributed by atoms with Gasteiger partial charge in [-0.2, -0.15) is 5.26 Å². The molecule has 0 bridgehead atoms. The van der Waals surface area contributed by atoms with Gasteiger partial charge >= 0.3 is 0 Å². The normalized spacial score (nSPS) is 10.3. The van der Waals surface area contributed by atoms with Gasteiger partial charge < -0.3 is 17.0 Å². The van der Waals surface area contributed by atoms with E-state index in [1.807, 2.05) is 24.3 Å². The molecular formula is C24H25BrN2. The highest BCUT2D eigenvalue weighted by Gasteiger charge is 2.10. The van der Waals surface area contributed by atoms with Crippen molar-refractivity contribution in [2.45, 2.75) is 39.2 Å². The van der Waals surface area contributed by atoms with Crippen molar-refractivity contribution in [2.75, 3.05) is 0 Å². The van der Waals surface area contributed by atoms with Gasteiger partial charge in [-0.05, 0) is 41.5 Å². The minimum Gasteiger partial charge on any atom is -1.00 e. The molecule has 0 N–H and O–H groups in total. The second-order valence-electron chi connectivity index (χ2n) is 6.67. The predicted octanol–water partition coefficient (Wildman–Crippen LogP) is 2.47. The van der Waals surface area contributed by atoms with Gasteiger partial charge in [0.1, 0.15) is 0 Å². The van der Waals surface area contributed by atoms with E-state index in [4.69, 9.17) is 0 Å². The van der Waals surface area contributed by atoms with Crippen molar-refractivity contribution in [2.24, 2.45) is 0 Å². The molecule has 0 spiro atoms. The van der Waals surface area contributed by atoms with Crippen LogP contribution in [0.15, 0.2) is 73.1 Å². The van der Waals surface area contributed by atoms with Crippen LogP contribution in [0.3, 0.4) is 0 Å². The number of nitriles is 1. The molecule has 0 unspecified atom stereocenters. The Morgan fingerprint density at radius 3 is 2.11 bits per heavy atom. The summed E-state index contributed by atoms with van der Waals surface area (Å²) in [7, 11) is 0. The fourth-order valence-corrected chi connectivity index (χ4v) is 3.44. The first-order valence-corrected chi connectivity index (χ1v) is 9.32. The smallest absolute Gasteiger partial charge is 0.173 e. The van der Waals surface area contributed by atoms with E-state index in [1.54, 1.807) is 0 Å². The first kappa shape index (κ1) is 20.9. The van der Waals surface area contributed by atoms with Crippen molar-refractivity contribution in [3.63, 3.8) is 0 Å². The number of hydrogen-bond acceptors (Lipinski definition) is 1. The maximum absolute atomic E-state index is 9.27. The molecule has 138 valence electrons.